The number of halogens is 1. The Bertz CT molecular complexity index is 3010. The molecule has 0 aromatic carbocycles. The Morgan fingerprint density at radius 3 is 0.937 bits per heavy atom. The van der Waals surface area contributed by atoms with E-state index in [-0.39, 0.29) is 188 Å². The summed E-state index contributed by atoms with van der Waals surface area (Å²) in [5.74, 6) is 15.0. The molecule has 0 radical (unpaired) electrons. The molecule has 0 bridgehead atoms. The number of isothiocyanates is 1. The predicted molar refractivity (Wildman–Crippen MR) is 587 cm³/mol. The van der Waals surface area contributed by atoms with Crippen LogP contribution in [-0.4, -0.2) is 127 Å². The molecule has 1 aliphatic rings. The number of rotatable bonds is 7. The summed E-state index contributed by atoms with van der Waals surface area (Å²) in [6, 6.07) is 5.98. The third-order valence-corrected chi connectivity index (χ3v) is 17.5. The Morgan fingerprint density at radius 1 is 0.591 bits per heavy atom. The van der Waals surface area contributed by atoms with E-state index in [1.807, 2.05) is 208 Å². The number of thiocarbonyl (C=S) groups is 1. The van der Waals surface area contributed by atoms with Crippen molar-refractivity contribution in [2.24, 2.45) is 65.8 Å². The minimum absolute atomic E-state index is 0. The highest BCUT2D eigenvalue weighted by atomic mass is 35.7. The number of hydrogen-bond donors (Lipinski definition) is 6. The number of ketones is 3. The number of nitrogens with zero attached hydrogens (tertiary/aromatic N) is 4. The number of hydrazine groups is 2. The van der Waals surface area contributed by atoms with E-state index in [9.17, 15) is 55.2 Å². The van der Waals surface area contributed by atoms with Gasteiger partial charge in [0.25, 0.3) is 11.8 Å². The van der Waals surface area contributed by atoms with Crippen LogP contribution in [0, 0.1) is 32.5 Å². The SMILES string of the molecule is C.C.C.C.C.C.C.C.C.C.C.C.C.C.C=CS(=O)(=O)C(C)(C)C.CC(=O)C(C)(C)C.CC(=O)CC(C)(C)C.CC(C)(C)C.CC(C)(C)C(=O)NN.CC(C)(C)C=O.CC(C)(C)N.CC(C)(C)N1C(=O)C=CC1=O.CC(C)(C)N=C=O.CC(C)(C)N=C=S.CC(C)(C)NN.CC(C)(C)ON.CC(C)(C)SSc1ccccn1.CC(C)S(=O)(=O)Cl.CCC(=O)CC(C)(C)C. The van der Waals surface area contributed by atoms with Crippen LogP contribution in [0.2, 0.25) is 0 Å². The molecule has 1 aromatic rings. The van der Waals surface area contributed by atoms with Gasteiger partial charge in [0.1, 0.15) is 28.7 Å². The average molecular weight is 1950 g/mol. The van der Waals surface area contributed by atoms with Crippen molar-refractivity contribution in [1.82, 2.24) is 20.7 Å². The van der Waals surface area contributed by atoms with E-state index in [0.29, 0.717) is 35.2 Å². The fourth-order valence-electron chi connectivity index (χ4n) is 3.83. The molecular weight excluding hydrogens is 1720 g/mol. The summed E-state index contributed by atoms with van der Waals surface area (Å²) in [6.07, 6.45) is 8.92. The van der Waals surface area contributed by atoms with E-state index in [1.54, 1.807) is 66.2 Å². The van der Waals surface area contributed by atoms with Gasteiger partial charge in [-0.3, -0.25) is 50.4 Å². The highest BCUT2D eigenvalue weighted by Crippen LogP contribution is 2.39. The molecule has 1 aromatic heterocycles. The average Bonchev–Trinajstić information content (AvgIpc) is 1.70. The summed E-state index contributed by atoms with van der Waals surface area (Å²) in [6.45, 7) is 95.5. The molecule has 127 heavy (non-hydrogen) atoms. The Kier molecular flexibility index (Phi) is 142. The Hall–Kier alpha value is -4.25. The largest absolute Gasteiger partial charge is 0.326 e. The first-order valence-corrected chi connectivity index (χ1v) is 43.8. The maximum Gasteiger partial charge on any atom is 0.254 e. The highest BCUT2D eigenvalue weighted by molar-refractivity contribution is 8.77. The standard InChI is InChI=1S/C9H13NS2.C8H11NO2.C8H16O.C7H14O.C6H12O2S.C6H12O.C5H12N2O.C5H9NO.C5H9NS.C5H10O.C5H12.C4H12N2.C4H11NO.C4H11N.C3H7ClO2S.14CH4/c1-9(2,3)12-11-8-6-4-5-7-10-8;1-8(2,3)9-6(10)4-5-7(9)11;1-5-7(9)6-8(2,3)4;1-6(8)5-7(2,3)4;1-5-9(7,8)6(2,3)4;1-5(7)6(2,3)4;1-5(2,3)4(8)7-6;2*1-5(2,3)6-4-7;1-5(2,3)4-6;1-5(2,3)4;2*1-4(2,3)6-5;1-4(2,3)5;1-3(2)7(4,5)6;;;;;;;;;;;;;;/h4-7H,1-3H3;4-5H,1-3H3;5-6H2,1-4H3;5H2,1-4H3;5H,1H2,2-4H3;1-4H3;6H2,1-3H3,(H,7,8);2*1-3H3;4H,1-3H3;1-4H3;6H,5H2,1-3H3;5H2,1-3H3;5H2,1-3H3;3H,1-2H3;14*1H4. The second kappa shape index (κ2) is 90.9. The molecule has 784 valence electrons. The number of carbonyl (C=O) groups is 7. The molecular formula is C98H227ClN10O13S5. The van der Waals surface area contributed by atoms with Crippen LogP contribution in [0.5, 0.6) is 0 Å². The van der Waals surface area contributed by atoms with Crippen LogP contribution < -0.4 is 34.2 Å². The molecule has 0 unspecified atom stereocenters. The zero-order valence-corrected chi connectivity index (χ0v) is 85.2. The molecule has 29 heteroatoms. The maximum absolute atomic E-state index is 11.0. The molecule has 0 spiro atoms. The monoisotopic (exact) mass is 1950 g/mol. The van der Waals surface area contributed by atoms with Gasteiger partial charge in [0, 0.05) is 91.3 Å². The van der Waals surface area contributed by atoms with Crippen molar-refractivity contribution < 1.29 is 60.0 Å². The van der Waals surface area contributed by atoms with Gasteiger partial charge in [0.2, 0.25) is 21.0 Å². The molecule has 23 nitrogen and oxygen atoms in total. The van der Waals surface area contributed by atoms with Gasteiger partial charge in [-0.1, -0.05) is 287 Å². The summed E-state index contributed by atoms with van der Waals surface area (Å²) in [5.41, 5.74) is 9.42. The highest BCUT2D eigenvalue weighted by Gasteiger charge is 2.33. The van der Waals surface area contributed by atoms with Crippen LogP contribution in [0.25, 0.3) is 0 Å². The van der Waals surface area contributed by atoms with Crippen molar-refractivity contribution in [3.05, 3.63) is 48.5 Å². The Morgan fingerprint density at radius 2 is 0.866 bits per heavy atom. The zero-order chi connectivity index (χ0) is 95.0. The minimum atomic E-state index is -3.27. The molecule has 0 fully saturated rings. The summed E-state index contributed by atoms with van der Waals surface area (Å²) < 4.78 is 41.6. The number of nitrogens with one attached hydrogen (secondary N) is 2. The van der Waals surface area contributed by atoms with E-state index in [0.717, 1.165) is 16.7 Å². The predicted octanol–water partition coefficient (Wildman–Crippen LogP) is 29.6. The van der Waals surface area contributed by atoms with E-state index < -0.39 is 34.4 Å². The number of aromatic nitrogens is 1. The number of amides is 3. The van der Waals surface area contributed by atoms with Crippen LogP contribution in [0.1, 0.15) is 456 Å². The number of nitrogens with two attached hydrogens (primary N) is 4. The fourth-order valence-corrected chi connectivity index (χ4v) is 6.48. The first-order valence-electron chi connectivity index (χ1n) is 37.3. The molecule has 0 saturated carbocycles. The molecule has 2 rings (SSSR count). The summed E-state index contributed by atoms with van der Waals surface area (Å²) in [4.78, 5) is 101. The molecule has 0 aliphatic carbocycles. The smallest absolute Gasteiger partial charge is 0.254 e. The topological polar surface area (TPSA) is 383 Å². The molecule has 0 saturated heterocycles. The minimum Gasteiger partial charge on any atom is -0.326 e. The number of imide groups is 1. The molecule has 2 heterocycles. The van der Waals surface area contributed by atoms with Crippen molar-refractivity contribution in [2.75, 3.05) is 0 Å². The molecule has 0 atom stereocenters. The van der Waals surface area contributed by atoms with Gasteiger partial charge in [-0.15, -0.1) is 0 Å². The number of pyridine rings is 1. The van der Waals surface area contributed by atoms with E-state index in [2.05, 4.69) is 145 Å². The maximum atomic E-state index is 11.0. The normalized spacial score (nSPS) is 10.9. The lowest BCUT2D eigenvalue weighted by molar-refractivity contribution is -0.142. The van der Waals surface area contributed by atoms with Gasteiger partial charge in [-0.2, -0.15) is 0 Å². The summed E-state index contributed by atoms with van der Waals surface area (Å²) in [5, 5.41) is 3.93. The van der Waals surface area contributed by atoms with Gasteiger partial charge in [0.15, 0.2) is 9.84 Å². The number of carbonyl (C=O) groups excluding carboxylic acids is 8. The Balaban J connectivity index is -0.0000000337. The fraction of sp³-hybridized carbons (Fsp3) is 0.816. The third-order valence-electron chi connectivity index (χ3n) is 9.80. The van der Waals surface area contributed by atoms with Crippen LogP contribution in [0.15, 0.2) is 63.5 Å². The van der Waals surface area contributed by atoms with Gasteiger partial charge in [-0.25, -0.2) is 48.3 Å². The van der Waals surface area contributed by atoms with E-state index in [1.165, 1.54) is 37.0 Å². The number of aliphatic imine (C=N–C) groups is 2. The van der Waals surface area contributed by atoms with E-state index in [4.69, 9.17) is 34.0 Å². The molecule has 1 aliphatic heterocycles. The lowest BCUT2D eigenvalue weighted by Crippen LogP contribution is -2.45. The number of hydrogen-bond acceptors (Lipinski definition) is 24. The van der Waals surface area contributed by atoms with Crippen molar-refractivity contribution in [3.63, 3.8) is 0 Å². The summed E-state index contributed by atoms with van der Waals surface area (Å²) in [7, 11) is 2.07. The number of sulfone groups is 1. The second-order valence-corrected chi connectivity index (χ2v) is 50.1. The Labute approximate surface area is 814 Å². The first-order chi connectivity index (χ1) is 48.9. The lowest BCUT2D eigenvalue weighted by atomic mass is 9.89. The van der Waals surface area contributed by atoms with Crippen LogP contribution in [-0.2, 0) is 62.1 Å². The van der Waals surface area contributed by atoms with Gasteiger partial charge < -0.3 is 15.3 Å². The number of aldehydes is 1. The zero-order valence-electron chi connectivity index (χ0n) is 80.3. The number of Topliss-reactive ketones (excluding diaryl/α,β-unsaturated/α-hetero) is 3. The van der Waals surface area contributed by atoms with E-state index >= 15 is 0 Å². The van der Waals surface area contributed by atoms with Gasteiger partial charge >= 0.3 is 0 Å². The number of isocyanates is 1. The van der Waals surface area contributed by atoms with Crippen LogP contribution in [0.4, 0.5) is 0 Å². The first kappa shape index (κ1) is 198. The third kappa shape index (κ3) is 217. The van der Waals surface area contributed by atoms with Crippen LogP contribution in [0.3, 0.4) is 0 Å². The van der Waals surface area contributed by atoms with Crippen molar-refractivity contribution in [1.29, 1.82) is 0 Å². The molecule has 10 N–H and O–H groups in total. The quantitative estimate of drug-likeness (QED) is 0.0141. The van der Waals surface area contributed by atoms with Crippen LogP contribution >= 0.6 is 44.5 Å². The lowest BCUT2D eigenvalue weighted by Gasteiger charge is -2.29. The van der Waals surface area contributed by atoms with Crippen molar-refractivity contribution in [2.45, 2.75) is 509 Å². The molecule has 3 amide bonds. The van der Waals surface area contributed by atoms with Crippen molar-refractivity contribution >= 4 is 116 Å². The van der Waals surface area contributed by atoms with Gasteiger partial charge in [-0.05, 0) is 224 Å². The van der Waals surface area contributed by atoms with Crippen molar-refractivity contribution in [3.8, 4) is 0 Å². The summed E-state index contributed by atoms with van der Waals surface area (Å²) >= 11 is 4.38. The second-order valence-electron chi connectivity index (χ2n) is 41.1. The van der Waals surface area contributed by atoms with Gasteiger partial charge in [0.05, 0.1) is 31.8 Å².